The summed E-state index contributed by atoms with van der Waals surface area (Å²) in [6, 6.07) is 14.2. The molecule has 0 aliphatic rings. The lowest BCUT2D eigenvalue weighted by Crippen LogP contribution is -2.37. The average molecular weight is 352 g/mol. The Morgan fingerprint density at radius 1 is 1.17 bits per heavy atom. The smallest absolute Gasteiger partial charge is 0.170 e. The van der Waals surface area contributed by atoms with E-state index in [0.717, 1.165) is 5.56 Å². The molecule has 2 aromatic rings. The molecular weight excluding hydrogens is 333 g/mol. The van der Waals surface area contributed by atoms with Crippen molar-refractivity contribution in [2.75, 3.05) is 26.0 Å². The van der Waals surface area contributed by atoms with Gasteiger partial charge >= 0.3 is 0 Å². The van der Waals surface area contributed by atoms with E-state index in [0.29, 0.717) is 22.4 Å². The minimum atomic E-state index is -0.341. The van der Waals surface area contributed by atoms with E-state index in [1.165, 1.54) is 6.07 Å². The van der Waals surface area contributed by atoms with Crippen LogP contribution in [0.1, 0.15) is 11.6 Å². The van der Waals surface area contributed by atoms with Gasteiger partial charge in [-0.3, -0.25) is 0 Å². The maximum Gasteiger partial charge on any atom is 0.170 e. The summed E-state index contributed by atoms with van der Waals surface area (Å²) in [5.41, 5.74) is 1.37. The first kappa shape index (κ1) is 17.7. The van der Waals surface area contributed by atoms with Crippen LogP contribution in [0.15, 0.2) is 48.5 Å². The molecule has 0 unspecified atom stereocenters. The summed E-state index contributed by atoms with van der Waals surface area (Å²) in [5.74, 6) is -0.341. The maximum atomic E-state index is 13.6. The first-order valence-corrected chi connectivity index (χ1v) is 7.98. The van der Waals surface area contributed by atoms with E-state index in [9.17, 15) is 4.39 Å². The summed E-state index contributed by atoms with van der Waals surface area (Å²) in [7, 11) is 3.95. The Balaban J connectivity index is 2.01. The monoisotopic (exact) mass is 351 g/mol. The van der Waals surface area contributed by atoms with Gasteiger partial charge in [-0.05, 0) is 50.1 Å². The SMILES string of the molecule is CN(C)[C@@H](CNC(=S)Nc1ccccc1F)c1ccccc1Cl. The van der Waals surface area contributed by atoms with Gasteiger partial charge in [0.1, 0.15) is 5.82 Å². The largest absolute Gasteiger partial charge is 0.361 e. The van der Waals surface area contributed by atoms with Crippen LogP contribution < -0.4 is 10.6 Å². The van der Waals surface area contributed by atoms with Crippen molar-refractivity contribution < 1.29 is 4.39 Å². The lowest BCUT2D eigenvalue weighted by Gasteiger charge is -2.26. The zero-order valence-electron chi connectivity index (χ0n) is 13.0. The summed E-state index contributed by atoms with van der Waals surface area (Å²) in [4.78, 5) is 2.06. The van der Waals surface area contributed by atoms with Crippen molar-refractivity contribution in [1.29, 1.82) is 0 Å². The van der Waals surface area contributed by atoms with E-state index in [4.69, 9.17) is 23.8 Å². The number of halogens is 2. The van der Waals surface area contributed by atoms with Crippen LogP contribution in [0.3, 0.4) is 0 Å². The van der Waals surface area contributed by atoms with E-state index >= 15 is 0 Å². The van der Waals surface area contributed by atoms with Gasteiger partial charge in [0.25, 0.3) is 0 Å². The molecule has 0 saturated carbocycles. The average Bonchev–Trinajstić information content (AvgIpc) is 2.51. The fourth-order valence-electron chi connectivity index (χ4n) is 2.23. The molecule has 0 aliphatic heterocycles. The highest BCUT2D eigenvalue weighted by atomic mass is 35.5. The normalized spacial score (nSPS) is 12.0. The van der Waals surface area contributed by atoms with Gasteiger partial charge < -0.3 is 15.5 Å². The molecule has 1 atom stereocenters. The third kappa shape index (κ3) is 4.89. The van der Waals surface area contributed by atoms with Crippen LogP contribution in [0, 0.1) is 5.82 Å². The Labute approximate surface area is 146 Å². The molecule has 0 heterocycles. The second kappa shape index (κ2) is 8.24. The van der Waals surface area contributed by atoms with Gasteiger partial charge in [0.15, 0.2) is 5.11 Å². The zero-order valence-corrected chi connectivity index (χ0v) is 14.6. The third-order valence-electron chi connectivity index (χ3n) is 3.47. The molecule has 3 nitrogen and oxygen atoms in total. The van der Waals surface area contributed by atoms with E-state index in [1.54, 1.807) is 18.2 Å². The summed E-state index contributed by atoms with van der Waals surface area (Å²) in [5, 5.41) is 7.06. The van der Waals surface area contributed by atoms with Crippen LogP contribution in [0.4, 0.5) is 10.1 Å². The van der Waals surface area contributed by atoms with Crippen molar-refractivity contribution in [3.63, 3.8) is 0 Å². The molecule has 0 amide bonds. The number of nitrogens with one attached hydrogen (secondary N) is 2. The summed E-state index contributed by atoms with van der Waals surface area (Å²) < 4.78 is 13.6. The van der Waals surface area contributed by atoms with Gasteiger partial charge in [-0.15, -0.1) is 0 Å². The lowest BCUT2D eigenvalue weighted by molar-refractivity contribution is 0.299. The first-order valence-electron chi connectivity index (χ1n) is 7.19. The molecular formula is C17H19ClFN3S. The Morgan fingerprint density at radius 2 is 1.83 bits per heavy atom. The number of rotatable bonds is 5. The fraction of sp³-hybridized carbons (Fsp3) is 0.235. The highest BCUT2D eigenvalue weighted by Gasteiger charge is 2.17. The standard InChI is InChI=1S/C17H19ClFN3S/c1-22(2)16(12-7-3-4-8-13(12)18)11-20-17(23)21-15-10-6-5-9-14(15)19/h3-10,16H,11H2,1-2H3,(H2,20,21,23)/t16-/m0/s1. The Hall–Kier alpha value is -1.69. The van der Waals surface area contributed by atoms with Gasteiger partial charge in [-0.25, -0.2) is 4.39 Å². The quantitative estimate of drug-likeness (QED) is 0.794. The number of anilines is 1. The molecule has 0 aliphatic carbocycles. The minimum absolute atomic E-state index is 0.0454. The van der Waals surface area contributed by atoms with Crippen LogP contribution >= 0.6 is 23.8 Å². The summed E-state index contributed by atoms with van der Waals surface area (Å²) in [6.45, 7) is 0.553. The number of hydrogen-bond acceptors (Lipinski definition) is 2. The summed E-state index contributed by atoms with van der Waals surface area (Å²) >= 11 is 11.5. The number of likely N-dealkylation sites (N-methyl/N-ethyl adjacent to an activating group) is 1. The van der Waals surface area contributed by atoms with Crippen molar-refractivity contribution in [1.82, 2.24) is 10.2 Å². The molecule has 0 bridgehead atoms. The van der Waals surface area contributed by atoms with Gasteiger partial charge in [-0.2, -0.15) is 0 Å². The Bertz CT molecular complexity index is 678. The van der Waals surface area contributed by atoms with Crippen molar-refractivity contribution in [2.45, 2.75) is 6.04 Å². The van der Waals surface area contributed by atoms with E-state index in [1.807, 2.05) is 38.4 Å². The second-order valence-electron chi connectivity index (χ2n) is 5.32. The number of hydrogen-bond donors (Lipinski definition) is 2. The van der Waals surface area contributed by atoms with E-state index in [-0.39, 0.29) is 11.9 Å². The first-order chi connectivity index (χ1) is 11.0. The van der Waals surface area contributed by atoms with Crippen LogP contribution in [0.2, 0.25) is 5.02 Å². The number of thiocarbonyl (C=S) groups is 1. The molecule has 122 valence electrons. The Kier molecular flexibility index (Phi) is 6.33. The highest BCUT2D eigenvalue weighted by Crippen LogP contribution is 2.25. The Morgan fingerprint density at radius 3 is 2.48 bits per heavy atom. The second-order valence-corrected chi connectivity index (χ2v) is 6.13. The van der Waals surface area contributed by atoms with Crippen LogP contribution in [-0.2, 0) is 0 Å². The number of benzene rings is 2. The molecule has 2 N–H and O–H groups in total. The molecule has 0 saturated heterocycles. The fourth-order valence-corrected chi connectivity index (χ4v) is 2.69. The molecule has 0 spiro atoms. The predicted molar refractivity (Wildman–Crippen MR) is 98.5 cm³/mol. The van der Waals surface area contributed by atoms with Gasteiger partial charge in [0.2, 0.25) is 0 Å². The zero-order chi connectivity index (χ0) is 16.8. The summed E-state index contributed by atoms with van der Waals surface area (Å²) in [6.07, 6.45) is 0. The molecule has 0 aromatic heterocycles. The van der Waals surface area contributed by atoms with Gasteiger partial charge in [0.05, 0.1) is 11.7 Å². The molecule has 0 radical (unpaired) electrons. The van der Waals surface area contributed by atoms with Crippen molar-refractivity contribution in [2.24, 2.45) is 0 Å². The minimum Gasteiger partial charge on any atom is -0.361 e. The van der Waals surface area contributed by atoms with Crippen LogP contribution in [0.5, 0.6) is 0 Å². The molecule has 2 aromatic carbocycles. The van der Waals surface area contributed by atoms with Gasteiger partial charge in [0, 0.05) is 11.6 Å². The molecule has 2 rings (SSSR count). The predicted octanol–water partition coefficient (Wildman–Crippen LogP) is 4.07. The third-order valence-corrected chi connectivity index (χ3v) is 4.06. The molecule has 0 fully saturated rings. The van der Waals surface area contributed by atoms with Crippen molar-refractivity contribution >= 4 is 34.6 Å². The number of nitrogens with zero attached hydrogens (tertiary/aromatic N) is 1. The van der Waals surface area contributed by atoms with Crippen LogP contribution in [-0.4, -0.2) is 30.7 Å². The van der Waals surface area contributed by atoms with Crippen molar-refractivity contribution in [3.8, 4) is 0 Å². The lowest BCUT2D eigenvalue weighted by atomic mass is 10.1. The van der Waals surface area contributed by atoms with Crippen molar-refractivity contribution in [3.05, 3.63) is 64.9 Å². The maximum absolute atomic E-state index is 13.6. The van der Waals surface area contributed by atoms with E-state index < -0.39 is 0 Å². The molecule has 23 heavy (non-hydrogen) atoms. The highest BCUT2D eigenvalue weighted by molar-refractivity contribution is 7.80. The number of para-hydroxylation sites is 1. The topological polar surface area (TPSA) is 27.3 Å². The van der Waals surface area contributed by atoms with E-state index in [2.05, 4.69) is 15.5 Å². The van der Waals surface area contributed by atoms with Gasteiger partial charge in [-0.1, -0.05) is 41.9 Å². The van der Waals surface area contributed by atoms with Crippen LogP contribution in [0.25, 0.3) is 0 Å². The molecule has 6 heteroatoms.